The van der Waals surface area contributed by atoms with Gasteiger partial charge in [0.15, 0.2) is 0 Å². The number of rotatable bonds is 10. The first-order valence-electron chi connectivity index (χ1n) is 7.10. The van der Waals surface area contributed by atoms with E-state index in [0.29, 0.717) is 6.42 Å². The van der Waals surface area contributed by atoms with E-state index in [1.807, 2.05) is 30.3 Å². The summed E-state index contributed by atoms with van der Waals surface area (Å²) in [5.74, 6) is 0.927. The average molecular weight is 292 g/mol. The Bertz CT molecular complexity index is 421. The smallest absolute Gasteiger partial charge is 0.224 e. The van der Waals surface area contributed by atoms with Crippen LogP contribution in [0.2, 0.25) is 0 Å². The lowest BCUT2D eigenvalue weighted by atomic mass is 10.1. The van der Waals surface area contributed by atoms with Crippen LogP contribution in [0.3, 0.4) is 0 Å². The molecule has 1 aromatic rings. The summed E-state index contributed by atoms with van der Waals surface area (Å²) in [7, 11) is 0. The van der Waals surface area contributed by atoms with Crippen LogP contribution in [0.5, 0.6) is 0 Å². The highest BCUT2D eigenvalue weighted by molar-refractivity contribution is 7.99. The normalized spacial score (nSPS) is 10.2. The second-order valence-electron chi connectivity index (χ2n) is 4.60. The second kappa shape index (κ2) is 10.5. The molecule has 0 aliphatic heterocycles. The van der Waals surface area contributed by atoms with Gasteiger partial charge in [0.2, 0.25) is 5.91 Å². The highest BCUT2D eigenvalue weighted by Gasteiger charge is 2.06. The van der Waals surface area contributed by atoms with Gasteiger partial charge in [0, 0.05) is 17.1 Å². The number of thioether (sulfide) groups is 1. The summed E-state index contributed by atoms with van der Waals surface area (Å²) < 4.78 is 0. The molecule has 3 N–H and O–H groups in total. The number of carbonyl (C=O) groups excluding carboxylic acids is 1. The maximum atomic E-state index is 11.9. The van der Waals surface area contributed by atoms with Crippen LogP contribution < -0.4 is 11.1 Å². The third kappa shape index (κ3) is 6.78. The molecule has 0 heterocycles. The number of hydrogen-bond acceptors (Lipinski definition) is 3. The Balaban J connectivity index is 2.39. The number of para-hydroxylation sites is 1. The summed E-state index contributed by atoms with van der Waals surface area (Å²) >= 11 is 1.68. The lowest BCUT2D eigenvalue weighted by Gasteiger charge is -2.10. The number of hydrogen-bond donors (Lipinski definition) is 2. The third-order valence-corrected chi connectivity index (χ3v) is 3.95. The van der Waals surface area contributed by atoms with Crippen LogP contribution in [0.1, 0.15) is 32.1 Å². The molecule has 110 valence electrons. The predicted octanol–water partition coefficient (Wildman–Crippen LogP) is 3.81. The van der Waals surface area contributed by atoms with Gasteiger partial charge >= 0.3 is 0 Å². The molecule has 3 nitrogen and oxygen atoms in total. The van der Waals surface area contributed by atoms with E-state index in [-0.39, 0.29) is 5.91 Å². The van der Waals surface area contributed by atoms with E-state index < -0.39 is 0 Å². The first kappa shape index (κ1) is 16.8. The zero-order chi connectivity index (χ0) is 14.6. The van der Waals surface area contributed by atoms with Gasteiger partial charge in [0.25, 0.3) is 0 Å². The van der Waals surface area contributed by atoms with Crippen molar-refractivity contribution in [3.63, 3.8) is 0 Å². The van der Waals surface area contributed by atoms with Crippen LogP contribution in [0, 0.1) is 0 Å². The fourth-order valence-corrected chi connectivity index (χ4v) is 2.59. The molecule has 0 saturated heterocycles. The van der Waals surface area contributed by atoms with Crippen molar-refractivity contribution < 1.29 is 4.79 Å². The molecule has 0 saturated carbocycles. The van der Waals surface area contributed by atoms with Crippen LogP contribution in [0.4, 0.5) is 5.69 Å². The fourth-order valence-electron chi connectivity index (χ4n) is 1.84. The van der Waals surface area contributed by atoms with Gasteiger partial charge in [-0.3, -0.25) is 4.79 Å². The zero-order valence-corrected chi connectivity index (χ0v) is 12.8. The minimum absolute atomic E-state index is 0.0874. The topological polar surface area (TPSA) is 55.1 Å². The lowest BCUT2D eigenvalue weighted by Crippen LogP contribution is -2.11. The van der Waals surface area contributed by atoms with Gasteiger partial charge in [-0.05, 0) is 31.5 Å². The first-order valence-corrected chi connectivity index (χ1v) is 8.09. The van der Waals surface area contributed by atoms with Gasteiger partial charge in [-0.15, -0.1) is 18.3 Å². The summed E-state index contributed by atoms with van der Waals surface area (Å²) in [5, 5.41) is 2.99. The summed E-state index contributed by atoms with van der Waals surface area (Å²) in [5.41, 5.74) is 6.34. The Labute approximate surface area is 126 Å². The van der Waals surface area contributed by atoms with Crippen LogP contribution in [0.25, 0.3) is 0 Å². The quantitative estimate of drug-likeness (QED) is 0.392. The lowest BCUT2D eigenvalue weighted by molar-refractivity contribution is -0.116. The van der Waals surface area contributed by atoms with Gasteiger partial charge in [-0.25, -0.2) is 0 Å². The molecule has 0 aliphatic carbocycles. The molecule has 1 rings (SSSR count). The van der Waals surface area contributed by atoms with Crippen molar-refractivity contribution in [2.24, 2.45) is 5.73 Å². The predicted molar refractivity (Wildman–Crippen MR) is 88.1 cm³/mol. The largest absolute Gasteiger partial charge is 0.330 e. The van der Waals surface area contributed by atoms with E-state index in [0.717, 1.165) is 48.6 Å². The Kier molecular flexibility index (Phi) is 8.83. The molecule has 0 unspecified atom stereocenters. The summed E-state index contributed by atoms with van der Waals surface area (Å²) in [4.78, 5) is 13.0. The van der Waals surface area contributed by atoms with E-state index >= 15 is 0 Å². The molecule has 4 heteroatoms. The number of anilines is 1. The number of nitrogens with one attached hydrogen (secondary N) is 1. The van der Waals surface area contributed by atoms with Crippen LogP contribution in [0.15, 0.2) is 41.8 Å². The molecule has 0 aliphatic rings. The van der Waals surface area contributed by atoms with Crippen molar-refractivity contribution in [2.45, 2.75) is 37.0 Å². The zero-order valence-electron chi connectivity index (χ0n) is 11.9. The van der Waals surface area contributed by atoms with Gasteiger partial charge in [-0.2, -0.15) is 0 Å². The van der Waals surface area contributed by atoms with Crippen molar-refractivity contribution in [3.8, 4) is 0 Å². The Morgan fingerprint density at radius 3 is 2.75 bits per heavy atom. The van der Waals surface area contributed by atoms with Crippen LogP contribution >= 0.6 is 11.8 Å². The van der Waals surface area contributed by atoms with Gasteiger partial charge in [-0.1, -0.05) is 31.1 Å². The monoisotopic (exact) mass is 292 g/mol. The number of unbranched alkanes of at least 4 members (excludes halogenated alkanes) is 3. The number of carbonyl (C=O) groups is 1. The van der Waals surface area contributed by atoms with Gasteiger partial charge in [0.05, 0.1) is 5.69 Å². The SMILES string of the molecule is C=CCSc1ccccc1NC(=O)CCCCCCN. The average Bonchev–Trinajstić information content (AvgIpc) is 2.46. The highest BCUT2D eigenvalue weighted by Crippen LogP contribution is 2.27. The van der Waals surface area contributed by atoms with E-state index in [9.17, 15) is 4.79 Å². The molecule has 20 heavy (non-hydrogen) atoms. The Morgan fingerprint density at radius 1 is 1.25 bits per heavy atom. The van der Waals surface area contributed by atoms with Gasteiger partial charge < -0.3 is 11.1 Å². The summed E-state index contributed by atoms with van der Waals surface area (Å²) in [6, 6.07) is 7.88. The first-order chi connectivity index (χ1) is 9.77. The van der Waals surface area contributed by atoms with Crippen LogP contribution in [-0.4, -0.2) is 18.2 Å². The van der Waals surface area contributed by atoms with E-state index in [2.05, 4.69) is 11.9 Å². The molecule has 0 fully saturated rings. The van der Waals surface area contributed by atoms with Crippen molar-refractivity contribution in [1.29, 1.82) is 0 Å². The molecular weight excluding hydrogens is 268 g/mol. The van der Waals surface area contributed by atoms with Gasteiger partial charge in [0.1, 0.15) is 0 Å². The Hall–Kier alpha value is -1.26. The Morgan fingerprint density at radius 2 is 2.00 bits per heavy atom. The minimum Gasteiger partial charge on any atom is -0.330 e. The van der Waals surface area contributed by atoms with Crippen LogP contribution in [-0.2, 0) is 4.79 Å². The molecular formula is C16H24N2OS. The molecule has 0 atom stereocenters. The van der Waals surface area contributed by atoms with E-state index in [4.69, 9.17) is 5.73 Å². The molecule has 0 spiro atoms. The summed E-state index contributed by atoms with van der Waals surface area (Å²) in [6.07, 6.45) is 6.58. The minimum atomic E-state index is 0.0874. The molecule has 1 aromatic carbocycles. The molecule has 0 radical (unpaired) electrons. The van der Waals surface area contributed by atoms with Crippen molar-refractivity contribution in [3.05, 3.63) is 36.9 Å². The molecule has 1 amide bonds. The second-order valence-corrected chi connectivity index (χ2v) is 5.66. The standard InChI is InChI=1S/C16H24N2OS/c1-2-13-20-15-10-7-6-9-14(15)18-16(19)11-5-3-4-8-12-17/h2,6-7,9-10H,1,3-5,8,11-13,17H2,(H,18,19). The van der Waals surface area contributed by atoms with E-state index in [1.165, 1.54) is 0 Å². The molecule has 0 aromatic heterocycles. The highest BCUT2D eigenvalue weighted by atomic mass is 32.2. The maximum absolute atomic E-state index is 11.9. The maximum Gasteiger partial charge on any atom is 0.224 e. The number of amides is 1. The molecule has 0 bridgehead atoms. The fraction of sp³-hybridized carbons (Fsp3) is 0.438. The summed E-state index contributed by atoms with van der Waals surface area (Å²) in [6.45, 7) is 4.45. The van der Waals surface area contributed by atoms with Crippen molar-refractivity contribution in [1.82, 2.24) is 0 Å². The number of benzene rings is 1. The third-order valence-electron chi connectivity index (χ3n) is 2.88. The van der Waals surface area contributed by atoms with Crippen molar-refractivity contribution in [2.75, 3.05) is 17.6 Å². The van der Waals surface area contributed by atoms with Crippen molar-refractivity contribution >= 4 is 23.4 Å². The number of nitrogens with two attached hydrogens (primary N) is 1. The van der Waals surface area contributed by atoms with E-state index in [1.54, 1.807) is 11.8 Å².